The lowest BCUT2D eigenvalue weighted by atomic mass is 9.88. The fraction of sp³-hybridized carbons (Fsp3) is 0.364. The van der Waals surface area contributed by atoms with Crippen LogP contribution in [0.4, 0.5) is 0 Å². The number of carboxylic acid groups (broad SMARTS) is 1. The van der Waals surface area contributed by atoms with Gasteiger partial charge in [0.15, 0.2) is 0 Å². The van der Waals surface area contributed by atoms with Crippen molar-refractivity contribution in [3.05, 3.63) is 70.3 Å². The third-order valence-electron chi connectivity index (χ3n) is 5.41. The van der Waals surface area contributed by atoms with E-state index in [9.17, 15) is 14.7 Å². The Labute approximate surface area is 154 Å². The molecule has 2 aromatic rings. The number of aryl methyl sites for hydroxylation is 2. The van der Waals surface area contributed by atoms with E-state index in [0.29, 0.717) is 11.5 Å². The first kappa shape index (κ1) is 18.2. The van der Waals surface area contributed by atoms with Gasteiger partial charge in [0.2, 0.25) is 0 Å². The minimum atomic E-state index is -0.872. The number of carbonyl (C=O) groups is 2. The van der Waals surface area contributed by atoms with Gasteiger partial charge in [-0.3, -0.25) is 4.79 Å². The molecule has 4 heteroatoms. The Bertz CT molecular complexity index is 820. The van der Waals surface area contributed by atoms with Gasteiger partial charge in [-0.15, -0.1) is 0 Å². The zero-order valence-corrected chi connectivity index (χ0v) is 15.4. The minimum absolute atomic E-state index is 0.0949. The number of likely N-dealkylation sites (tertiary alicyclic amines) is 1. The molecule has 1 heterocycles. The van der Waals surface area contributed by atoms with Crippen LogP contribution in [-0.4, -0.2) is 35.0 Å². The summed E-state index contributed by atoms with van der Waals surface area (Å²) >= 11 is 0. The van der Waals surface area contributed by atoms with Crippen molar-refractivity contribution >= 4 is 11.9 Å². The third kappa shape index (κ3) is 3.96. The Hall–Kier alpha value is -2.62. The molecular weight excluding hydrogens is 326 g/mol. The predicted molar refractivity (Wildman–Crippen MR) is 102 cm³/mol. The molecule has 3 rings (SSSR count). The number of piperidine rings is 1. The van der Waals surface area contributed by atoms with Crippen LogP contribution in [0.1, 0.15) is 50.2 Å². The maximum absolute atomic E-state index is 12.7. The van der Waals surface area contributed by atoms with Gasteiger partial charge in [-0.05, 0) is 73.9 Å². The second-order valence-electron chi connectivity index (χ2n) is 7.20. The number of amides is 1. The molecule has 0 aliphatic carbocycles. The van der Waals surface area contributed by atoms with Gasteiger partial charge < -0.3 is 10.0 Å². The summed E-state index contributed by atoms with van der Waals surface area (Å²) in [4.78, 5) is 26.0. The molecule has 0 bridgehead atoms. The molecule has 1 amide bonds. The van der Waals surface area contributed by atoms with E-state index < -0.39 is 5.97 Å². The molecule has 0 radical (unpaired) electrons. The fourth-order valence-electron chi connectivity index (χ4n) is 3.62. The van der Waals surface area contributed by atoms with Crippen molar-refractivity contribution in [3.8, 4) is 0 Å². The van der Waals surface area contributed by atoms with Gasteiger partial charge in [0.05, 0.1) is 5.56 Å². The first-order chi connectivity index (χ1) is 12.5. The largest absolute Gasteiger partial charge is 0.478 e. The topological polar surface area (TPSA) is 57.6 Å². The van der Waals surface area contributed by atoms with Crippen LogP contribution in [0, 0.1) is 19.8 Å². The first-order valence-corrected chi connectivity index (χ1v) is 9.13. The monoisotopic (exact) mass is 351 g/mol. The quantitative estimate of drug-likeness (QED) is 0.902. The lowest BCUT2D eigenvalue weighted by molar-refractivity contribution is 0.0690. The normalized spacial score (nSPS) is 15.1. The Morgan fingerprint density at radius 1 is 1.04 bits per heavy atom. The van der Waals surface area contributed by atoms with Crippen LogP contribution in [0.25, 0.3) is 0 Å². The van der Waals surface area contributed by atoms with Gasteiger partial charge in [-0.2, -0.15) is 0 Å². The Morgan fingerprint density at radius 3 is 2.38 bits per heavy atom. The van der Waals surface area contributed by atoms with E-state index in [2.05, 4.69) is 0 Å². The highest BCUT2D eigenvalue weighted by Gasteiger charge is 2.25. The molecular formula is C22H25NO3. The number of nitrogens with zero attached hydrogens (tertiary/aromatic N) is 1. The standard InChI is InChI=1S/C22H25NO3/c1-15-7-8-19(13-16(15)2)21(24)23-11-9-17(10-12-23)14-18-5-3-4-6-20(18)22(25)26/h3-8,13,17H,9-12,14H2,1-2H3,(H,25,26). The van der Waals surface area contributed by atoms with Crippen molar-refractivity contribution in [2.75, 3.05) is 13.1 Å². The maximum atomic E-state index is 12.7. The van der Waals surface area contributed by atoms with Crippen LogP contribution in [0.5, 0.6) is 0 Å². The molecule has 1 aliphatic rings. The second-order valence-corrected chi connectivity index (χ2v) is 7.20. The summed E-state index contributed by atoms with van der Waals surface area (Å²) in [5, 5.41) is 9.33. The summed E-state index contributed by atoms with van der Waals surface area (Å²) in [6.07, 6.45) is 2.57. The molecule has 26 heavy (non-hydrogen) atoms. The molecule has 0 unspecified atom stereocenters. The van der Waals surface area contributed by atoms with E-state index in [1.54, 1.807) is 12.1 Å². The first-order valence-electron chi connectivity index (χ1n) is 9.13. The average Bonchev–Trinajstić information content (AvgIpc) is 2.64. The third-order valence-corrected chi connectivity index (χ3v) is 5.41. The number of rotatable bonds is 4. The number of hydrogen-bond acceptors (Lipinski definition) is 2. The molecule has 1 N–H and O–H groups in total. The van der Waals surface area contributed by atoms with Gasteiger partial charge in [0.1, 0.15) is 0 Å². The van der Waals surface area contributed by atoms with Crippen LogP contribution < -0.4 is 0 Å². The van der Waals surface area contributed by atoms with Crippen LogP contribution in [0.3, 0.4) is 0 Å². The Balaban J connectivity index is 1.61. The molecule has 4 nitrogen and oxygen atoms in total. The van der Waals surface area contributed by atoms with E-state index >= 15 is 0 Å². The molecule has 136 valence electrons. The van der Waals surface area contributed by atoms with Crippen LogP contribution >= 0.6 is 0 Å². The number of carbonyl (C=O) groups excluding carboxylic acids is 1. The molecule has 1 aliphatic heterocycles. The summed E-state index contributed by atoms with van der Waals surface area (Å²) < 4.78 is 0. The Kier molecular flexibility index (Phi) is 5.40. The van der Waals surface area contributed by atoms with Gasteiger partial charge >= 0.3 is 5.97 Å². The van der Waals surface area contributed by atoms with Crippen molar-refractivity contribution in [3.63, 3.8) is 0 Å². The molecule has 0 spiro atoms. The van der Waals surface area contributed by atoms with E-state index in [-0.39, 0.29) is 5.91 Å². The van der Waals surface area contributed by atoms with E-state index in [1.807, 2.05) is 49.1 Å². The molecule has 0 saturated carbocycles. The van der Waals surface area contributed by atoms with Gasteiger partial charge in [0, 0.05) is 18.7 Å². The highest BCUT2D eigenvalue weighted by Crippen LogP contribution is 2.25. The van der Waals surface area contributed by atoms with Crippen LogP contribution in [-0.2, 0) is 6.42 Å². The minimum Gasteiger partial charge on any atom is -0.478 e. The van der Waals surface area contributed by atoms with Crippen molar-refractivity contribution in [1.29, 1.82) is 0 Å². The molecule has 2 aromatic carbocycles. The number of benzene rings is 2. The molecule has 1 fully saturated rings. The zero-order valence-electron chi connectivity index (χ0n) is 15.4. The summed E-state index contributed by atoms with van der Waals surface area (Å²) in [5.74, 6) is -0.361. The highest BCUT2D eigenvalue weighted by atomic mass is 16.4. The fourth-order valence-corrected chi connectivity index (χ4v) is 3.62. The maximum Gasteiger partial charge on any atom is 0.335 e. The summed E-state index contributed by atoms with van der Waals surface area (Å²) in [6, 6.07) is 13.1. The van der Waals surface area contributed by atoms with E-state index in [1.165, 1.54) is 5.56 Å². The average molecular weight is 351 g/mol. The van der Waals surface area contributed by atoms with Crippen LogP contribution in [0.15, 0.2) is 42.5 Å². The SMILES string of the molecule is Cc1ccc(C(=O)N2CCC(Cc3ccccc3C(=O)O)CC2)cc1C. The molecule has 1 saturated heterocycles. The number of aromatic carboxylic acids is 1. The summed E-state index contributed by atoms with van der Waals surface area (Å²) in [7, 11) is 0. The predicted octanol–water partition coefficient (Wildman–Crippen LogP) is 4.10. The second kappa shape index (κ2) is 7.73. The van der Waals surface area contributed by atoms with Gasteiger partial charge in [0.25, 0.3) is 5.91 Å². The van der Waals surface area contributed by atoms with Crippen molar-refractivity contribution in [2.45, 2.75) is 33.1 Å². The number of carboxylic acids is 1. The van der Waals surface area contributed by atoms with Crippen molar-refractivity contribution in [1.82, 2.24) is 4.90 Å². The smallest absolute Gasteiger partial charge is 0.335 e. The Morgan fingerprint density at radius 2 is 1.73 bits per heavy atom. The van der Waals surface area contributed by atoms with E-state index in [4.69, 9.17) is 0 Å². The van der Waals surface area contributed by atoms with Crippen molar-refractivity contribution < 1.29 is 14.7 Å². The molecule has 0 atom stereocenters. The van der Waals surface area contributed by atoms with E-state index in [0.717, 1.165) is 49.0 Å². The van der Waals surface area contributed by atoms with Crippen LogP contribution in [0.2, 0.25) is 0 Å². The zero-order chi connectivity index (χ0) is 18.7. The highest BCUT2D eigenvalue weighted by molar-refractivity contribution is 5.94. The molecule has 0 aromatic heterocycles. The van der Waals surface area contributed by atoms with Gasteiger partial charge in [-0.25, -0.2) is 4.79 Å². The summed E-state index contributed by atoms with van der Waals surface area (Å²) in [6.45, 7) is 5.53. The number of hydrogen-bond donors (Lipinski definition) is 1. The lowest BCUT2D eigenvalue weighted by Gasteiger charge is -2.32. The van der Waals surface area contributed by atoms with Gasteiger partial charge in [-0.1, -0.05) is 24.3 Å². The lowest BCUT2D eigenvalue weighted by Crippen LogP contribution is -2.39. The summed E-state index contributed by atoms with van der Waals surface area (Å²) in [5.41, 5.74) is 4.36. The van der Waals surface area contributed by atoms with Crippen molar-refractivity contribution in [2.24, 2.45) is 5.92 Å².